The lowest BCUT2D eigenvalue weighted by molar-refractivity contribution is -0.139. The molecule has 1 saturated heterocycles. The van der Waals surface area contributed by atoms with Crippen LogP contribution in [0.3, 0.4) is 0 Å². The smallest absolute Gasteiger partial charge is 0.305 e. The van der Waals surface area contributed by atoms with Crippen LogP contribution in [-0.4, -0.2) is 78.6 Å². The van der Waals surface area contributed by atoms with Gasteiger partial charge < -0.3 is 25.3 Å². The van der Waals surface area contributed by atoms with Crippen molar-refractivity contribution in [2.75, 3.05) is 13.1 Å². The molecule has 0 spiro atoms. The number of aliphatic carboxylic acids is 1. The van der Waals surface area contributed by atoms with Gasteiger partial charge in [-0.1, -0.05) is 38.1 Å². The number of nitrogens with zero attached hydrogens (tertiary/aromatic N) is 3. The van der Waals surface area contributed by atoms with Crippen LogP contribution in [0.2, 0.25) is 0 Å². The van der Waals surface area contributed by atoms with E-state index in [-0.39, 0.29) is 30.2 Å². The van der Waals surface area contributed by atoms with Gasteiger partial charge in [0.15, 0.2) is 0 Å². The van der Waals surface area contributed by atoms with Crippen molar-refractivity contribution in [1.82, 2.24) is 14.9 Å². The molecule has 238 valence electrons. The van der Waals surface area contributed by atoms with Crippen LogP contribution in [0.15, 0.2) is 42.5 Å². The summed E-state index contributed by atoms with van der Waals surface area (Å²) in [5, 5.41) is 39.5. The average Bonchev–Trinajstić information content (AvgIpc) is 3.18. The predicted octanol–water partition coefficient (Wildman–Crippen LogP) is 4.76. The second kappa shape index (κ2) is 14.0. The molecule has 0 unspecified atom stereocenters. The molecule has 0 saturated carbocycles. The number of aromatic nitrogens is 2. The first-order valence-corrected chi connectivity index (χ1v) is 15.6. The molecular formula is C35H40FN3O6. The van der Waals surface area contributed by atoms with E-state index in [0.717, 1.165) is 51.3 Å². The number of halogens is 1. The minimum Gasteiger partial charge on any atom is -0.481 e. The molecule has 3 aromatic rings. The maximum Gasteiger partial charge on any atom is 0.305 e. The van der Waals surface area contributed by atoms with Crippen LogP contribution in [-0.2, 0) is 17.6 Å². The van der Waals surface area contributed by atoms with Crippen molar-refractivity contribution in [3.05, 3.63) is 76.5 Å². The van der Waals surface area contributed by atoms with Gasteiger partial charge in [0.25, 0.3) is 5.91 Å². The highest BCUT2D eigenvalue weighted by molar-refractivity contribution is 5.93. The van der Waals surface area contributed by atoms with E-state index < -0.39 is 24.6 Å². The molecule has 2 atom stereocenters. The monoisotopic (exact) mass is 617 g/mol. The second-order valence-electron chi connectivity index (χ2n) is 12.3. The second-order valence-corrected chi connectivity index (χ2v) is 12.3. The van der Waals surface area contributed by atoms with Crippen molar-refractivity contribution in [2.45, 2.75) is 83.0 Å². The number of aryl methyl sites for hydroxylation is 1. The number of amides is 1. The van der Waals surface area contributed by atoms with Crippen molar-refractivity contribution in [2.24, 2.45) is 0 Å². The van der Waals surface area contributed by atoms with Gasteiger partial charge in [0.2, 0.25) is 0 Å². The van der Waals surface area contributed by atoms with Gasteiger partial charge in [0.1, 0.15) is 11.5 Å². The molecule has 1 fully saturated rings. The Kier molecular flexibility index (Phi) is 10.1. The summed E-state index contributed by atoms with van der Waals surface area (Å²) in [4.78, 5) is 36.0. The number of pyridine rings is 2. The van der Waals surface area contributed by atoms with E-state index in [1.807, 2.05) is 19.9 Å². The first-order chi connectivity index (χ1) is 21.5. The van der Waals surface area contributed by atoms with E-state index in [2.05, 4.69) is 0 Å². The van der Waals surface area contributed by atoms with E-state index >= 15 is 0 Å². The molecule has 1 aliphatic carbocycles. The van der Waals surface area contributed by atoms with Gasteiger partial charge in [-0.05, 0) is 79.0 Å². The van der Waals surface area contributed by atoms with Gasteiger partial charge in [-0.2, -0.15) is 0 Å². The average molecular weight is 618 g/mol. The summed E-state index contributed by atoms with van der Waals surface area (Å²) in [7, 11) is 0. The van der Waals surface area contributed by atoms with E-state index in [4.69, 9.17) is 15.1 Å². The summed E-state index contributed by atoms with van der Waals surface area (Å²) in [6.45, 7) is 5.01. The van der Waals surface area contributed by atoms with E-state index in [0.29, 0.717) is 44.5 Å². The standard InChI is InChI=1S/C35H40FN3O6/c1-20(2)33-28(11-10-24(41)18-25(42)19-31(43)44)32(21-6-8-22(36)9-7-21)27-4-3-5-29-26(34(27)38-33)12-13-30(37-29)35(45)39-16-14-23(40)15-17-39/h6-13,20,23-25,40-42H,3-5,14-19H2,1-2H3,(H,43,44)/t24-,25-/m1/s1. The SMILES string of the molecule is CC(C)c1nc2c(c(-c3ccc(F)cc3)c1C=C[C@@H](O)C[C@@H](O)CC(=O)O)CCCc1nc(C(=O)N3CCC(O)CC3)ccc1-2. The molecule has 45 heavy (non-hydrogen) atoms. The van der Waals surface area contributed by atoms with Gasteiger partial charge in [-0.15, -0.1) is 0 Å². The molecule has 2 aromatic heterocycles. The normalized spacial score (nSPS) is 16.7. The lowest BCUT2D eigenvalue weighted by Gasteiger charge is -2.29. The van der Waals surface area contributed by atoms with Crippen molar-refractivity contribution in [3.63, 3.8) is 0 Å². The molecule has 4 N–H and O–H groups in total. The van der Waals surface area contributed by atoms with Crippen LogP contribution in [0, 0.1) is 5.82 Å². The largest absolute Gasteiger partial charge is 0.481 e. The molecule has 9 nitrogen and oxygen atoms in total. The number of carboxylic acids is 1. The molecule has 3 heterocycles. The molecule has 0 radical (unpaired) electrons. The fraction of sp³-hybridized carbons (Fsp3) is 0.429. The number of carbonyl (C=O) groups is 2. The van der Waals surface area contributed by atoms with E-state index in [1.165, 1.54) is 18.2 Å². The summed E-state index contributed by atoms with van der Waals surface area (Å²) in [6.07, 6.45) is 3.15. The topological polar surface area (TPSA) is 144 Å². The Hall–Kier alpha value is -3.99. The number of rotatable bonds is 9. The summed E-state index contributed by atoms with van der Waals surface area (Å²) < 4.78 is 14.1. The Morgan fingerprint density at radius 3 is 2.42 bits per heavy atom. The van der Waals surface area contributed by atoms with E-state index in [1.54, 1.807) is 29.2 Å². The van der Waals surface area contributed by atoms with Gasteiger partial charge >= 0.3 is 5.97 Å². The van der Waals surface area contributed by atoms with Crippen molar-refractivity contribution < 1.29 is 34.4 Å². The number of piperidine rings is 1. The maximum absolute atomic E-state index is 14.1. The molecular weight excluding hydrogens is 577 g/mol. The molecule has 1 aromatic carbocycles. The Labute approximate surface area is 262 Å². The number of fused-ring (bicyclic) bond motifs is 3. The van der Waals surface area contributed by atoms with Crippen LogP contribution in [0.4, 0.5) is 4.39 Å². The summed E-state index contributed by atoms with van der Waals surface area (Å²) in [5.41, 5.74) is 6.87. The highest BCUT2D eigenvalue weighted by Crippen LogP contribution is 2.42. The molecule has 10 heteroatoms. The quantitative estimate of drug-likeness (QED) is 0.269. The number of hydrogen-bond donors (Lipinski definition) is 4. The number of carbonyl (C=O) groups excluding carboxylic acids is 1. The Bertz CT molecular complexity index is 1580. The fourth-order valence-corrected chi connectivity index (χ4v) is 6.22. The zero-order chi connectivity index (χ0) is 32.2. The molecule has 1 aliphatic heterocycles. The van der Waals surface area contributed by atoms with Crippen LogP contribution in [0.25, 0.3) is 28.5 Å². The van der Waals surface area contributed by atoms with Gasteiger partial charge in [-0.3, -0.25) is 14.6 Å². The van der Waals surface area contributed by atoms with Gasteiger partial charge in [-0.25, -0.2) is 9.37 Å². The third kappa shape index (κ3) is 7.46. The fourth-order valence-electron chi connectivity index (χ4n) is 6.22. The molecule has 5 rings (SSSR count). The number of likely N-dealkylation sites (tertiary alicyclic amines) is 1. The molecule has 2 aliphatic rings. The van der Waals surface area contributed by atoms with Crippen LogP contribution in [0.1, 0.15) is 84.9 Å². The minimum absolute atomic E-state index is 0.0427. The summed E-state index contributed by atoms with van der Waals surface area (Å²) in [6, 6.07) is 9.91. The van der Waals surface area contributed by atoms with Gasteiger partial charge in [0, 0.05) is 30.6 Å². The Morgan fingerprint density at radius 2 is 1.76 bits per heavy atom. The molecule has 0 bridgehead atoms. The first-order valence-electron chi connectivity index (χ1n) is 15.6. The number of aliphatic hydroxyl groups excluding tert-OH is 3. The number of hydrogen-bond acceptors (Lipinski definition) is 7. The minimum atomic E-state index is -1.20. The lowest BCUT2D eigenvalue weighted by atomic mass is 9.86. The van der Waals surface area contributed by atoms with Crippen LogP contribution in [0.5, 0.6) is 0 Å². The van der Waals surface area contributed by atoms with Gasteiger partial charge in [0.05, 0.1) is 41.8 Å². The third-order valence-corrected chi connectivity index (χ3v) is 8.49. The molecule has 1 amide bonds. The lowest BCUT2D eigenvalue weighted by Crippen LogP contribution is -2.40. The first kappa shape index (κ1) is 32.4. The number of benzene rings is 1. The predicted molar refractivity (Wildman–Crippen MR) is 168 cm³/mol. The highest BCUT2D eigenvalue weighted by Gasteiger charge is 2.28. The summed E-state index contributed by atoms with van der Waals surface area (Å²) in [5.74, 6) is -1.70. The van der Waals surface area contributed by atoms with E-state index in [9.17, 15) is 29.3 Å². The number of carboxylic acid groups (broad SMARTS) is 1. The maximum atomic E-state index is 14.1. The van der Waals surface area contributed by atoms with Crippen molar-refractivity contribution in [3.8, 4) is 22.4 Å². The Morgan fingerprint density at radius 1 is 1.04 bits per heavy atom. The van der Waals surface area contributed by atoms with Crippen LogP contribution >= 0.6 is 0 Å². The van der Waals surface area contributed by atoms with Crippen molar-refractivity contribution >= 4 is 18.0 Å². The Balaban J connectivity index is 1.60. The zero-order valence-electron chi connectivity index (χ0n) is 25.6. The third-order valence-electron chi connectivity index (χ3n) is 8.49. The zero-order valence-corrected chi connectivity index (χ0v) is 25.6. The highest BCUT2D eigenvalue weighted by atomic mass is 19.1. The van der Waals surface area contributed by atoms with Crippen LogP contribution < -0.4 is 0 Å². The summed E-state index contributed by atoms with van der Waals surface area (Å²) >= 11 is 0. The van der Waals surface area contributed by atoms with Crippen molar-refractivity contribution in [1.29, 1.82) is 0 Å². The number of aliphatic hydroxyl groups is 3.